The Balaban J connectivity index is 1.90. The van der Waals surface area contributed by atoms with E-state index in [-0.39, 0.29) is 24.7 Å². The van der Waals surface area contributed by atoms with E-state index < -0.39 is 5.97 Å². The lowest BCUT2D eigenvalue weighted by atomic mass is 10.1. The molecular formula is C17H20N6O3S. The average Bonchev–Trinajstić information content (AvgIpc) is 3.12. The second-order valence-electron chi connectivity index (χ2n) is 5.84. The lowest BCUT2D eigenvalue weighted by molar-refractivity contribution is -0.149. The Bertz CT molecular complexity index is 861. The van der Waals surface area contributed by atoms with Gasteiger partial charge in [-0.25, -0.2) is 0 Å². The topological polar surface area (TPSA) is 114 Å². The number of benzene rings is 1. The molecule has 1 heterocycles. The number of carbonyl (C=O) groups excluding carboxylic acids is 2. The van der Waals surface area contributed by atoms with E-state index in [1.807, 2.05) is 38.1 Å². The Morgan fingerprint density at radius 1 is 1.37 bits per heavy atom. The number of likely N-dealkylation sites (N-methyl/N-ethyl adjacent to an activating group) is 1. The largest absolute Gasteiger partial charge is 0.455 e. The first-order valence-corrected chi connectivity index (χ1v) is 9.16. The third-order valence-corrected chi connectivity index (χ3v) is 4.59. The van der Waals surface area contributed by atoms with E-state index in [1.165, 1.54) is 4.90 Å². The predicted octanol–water partition coefficient (Wildman–Crippen LogP) is 1.29. The number of amides is 1. The van der Waals surface area contributed by atoms with Gasteiger partial charge < -0.3 is 9.64 Å². The summed E-state index contributed by atoms with van der Waals surface area (Å²) in [5, 5.41) is 20.6. The Hall–Kier alpha value is -2.93. The Morgan fingerprint density at radius 2 is 2.15 bits per heavy atom. The molecule has 0 unspecified atom stereocenters. The van der Waals surface area contributed by atoms with Gasteiger partial charge in [-0.1, -0.05) is 23.9 Å². The number of ether oxygens (including phenoxy) is 1. The molecule has 0 saturated carbocycles. The highest BCUT2D eigenvalue weighted by Crippen LogP contribution is 2.21. The molecule has 10 heteroatoms. The number of thioether (sulfide) groups is 1. The van der Waals surface area contributed by atoms with Crippen molar-refractivity contribution in [3.63, 3.8) is 0 Å². The van der Waals surface area contributed by atoms with E-state index >= 15 is 0 Å². The molecule has 27 heavy (non-hydrogen) atoms. The number of carbonyl (C=O) groups is 2. The van der Waals surface area contributed by atoms with E-state index in [0.29, 0.717) is 11.7 Å². The maximum absolute atomic E-state index is 11.9. The summed E-state index contributed by atoms with van der Waals surface area (Å²) >= 11 is 1.13. The SMILES string of the molecule is Cc1ccc(C)c(-n2nnnc2SCC(=O)OCC(=O)N(C)CCC#N)c1. The number of nitrogens with zero attached hydrogens (tertiary/aromatic N) is 6. The van der Waals surface area contributed by atoms with Crippen LogP contribution in [0.5, 0.6) is 0 Å². The molecule has 0 fully saturated rings. The van der Waals surface area contributed by atoms with Crippen molar-refractivity contribution in [2.24, 2.45) is 0 Å². The monoisotopic (exact) mass is 388 g/mol. The molecule has 0 saturated heterocycles. The average molecular weight is 388 g/mol. The van der Waals surface area contributed by atoms with Crippen LogP contribution in [-0.4, -0.2) is 62.9 Å². The molecular weight excluding hydrogens is 368 g/mol. The molecule has 1 aromatic heterocycles. The number of esters is 1. The third-order valence-electron chi connectivity index (χ3n) is 3.69. The molecule has 0 spiro atoms. The van der Waals surface area contributed by atoms with Crippen molar-refractivity contribution in [3.05, 3.63) is 29.3 Å². The zero-order chi connectivity index (χ0) is 19.8. The van der Waals surface area contributed by atoms with Crippen LogP contribution in [0.3, 0.4) is 0 Å². The number of tetrazole rings is 1. The zero-order valence-electron chi connectivity index (χ0n) is 15.4. The second kappa shape index (κ2) is 9.68. The van der Waals surface area contributed by atoms with Crippen molar-refractivity contribution >= 4 is 23.6 Å². The minimum Gasteiger partial charge on any atom is -0.455 e. The van der Waals surface area contributed by atoms with Gasteiger partial charge in [0.2, 0.25) is 5.16 Å². The molecule has 0 bridgehead atoms. The van der Waals surface area contributed by atoms with Crippen LogP contribution in [0.15, 0.2) is 23.4 Å². The molecule has 0 atom stereocenters. The highest BCUT2D eigenvalue weighted by molar-refractivity contribution is 7.99. The van der Waals surface area contributed by atoms with Gasteiger partial charge >= 0.3 is 5.97 Å². The zero-order valence-corrected chi connectivity index (χ0v) is 16.2. The lowest BCUT2D eigenvalue weighted by Crippen LogP contribution is -2.32. The van der Waals surface area contributed by atoms with Crippen molar-refractivity contribution in [2.45, 2.75) is 25.4 Å². The van der Waals surface area contributed by atoms with Crippen molar-refractivity contribution < 1.29 is 14.3 Å². The number of nitriles is 1. The van der Waals surface area contributed by atoms with Crippen molar-refractivity contribution in [1.29, 1.82) is 5.26 Å². The van der Waals surface area contributed by atoms with Gasteiger partial charge in [0.15, 0.2) is 6.61 Å². The quantitative estimate of drug-likeness (QED) is 0.491. The fraction of sp³-hybridized carbons (Fsp3) is 0.412. The van der Waals surface area contributed by atoms with Gasteiger partial charge in [0.1, 0.15) is 0 Å². The number of hydrogen-bond acceptors (Lipinski definition) is 8. The first kappa shape index (κ1) is 20.4. The van der Waals surface area contributed by atoms with E-state index in [4.69, 9.17) is 10.00 Å². The molecule has 142 valence electrons. The molecule has 0 N–H and O–H groups in total. The maximum Gasteiger partial charge on any atom is 0.316 e. The van der Waals surface area contributed by atoms with Gasteiger partial charge in [0.05, 0.1) is 23.9 Å². The van der Waals surface area contributed by atoms with Crippen molar-refractivity contribution in [1.82, 2.24) is 25.1 Å². The molecule has 2 rings (SSSR count). The molecule has 9 nitrogen and oxygen atoms in total. The van der Waals surface area contributed by atoms with Gasteiger partial charge in [-0.2, -0.15) is 9.94 Å². The molecule has 0 aliphatic carbocycles. The standard InChI is InChI=1S/C17H20N6O3S/c1-12-5-6-13(2)14(9-12)23-17(19-20-21-23)27-11-16(25)26-10-15(24)22(3)8-4-7-18/h5-6,9H,4,8,10-11H2,1-3H3. The summed E-state index contributed by atoms with van der Waals surface area (Å²) in [6.07, 6.45) is 0.229. The van der Waals surface area contributed by atoms with Gasteiger partial charge in [0, 0.05) is 13.6 Å². The van der Waals surface area contributed by atoms with Crippen LogP contribution < -0.4 is 0 Å². The number of aryl methyl sites for hydroxylation is 2. The number of aromatic nitrogens is 4. The molecule has 0 aliphatic rings. The number of hydrogen-bond donors (Lipinski definition) is 0. The van der Waals surface area contributed by atoms with Crippen LogP contribution in [0.2, 0.25) is 0 Å². The summed E-state index contributed by atoms with van der Waals surface area (Å²) < 4.78 is 6.55. The molecule has 0 radical (unpaired) electrons. The highest BCUT2D eigenvalue weighted by Gasteiger charge is 2.16. The summed E-state index contributed by atoms with van der Waals surface area (Å²) in [5.74, 6) is -0.929. The first-order chi connectivity index (χ1) is 12.9. The number of rotatable bonds is 8. The van der Waals surface area contributed by atoms with Gasteiger partial charge in [-0.05, 0) is 41.5 Å². The van der Waals surface area contributed by atoms with E-state index in [0.717, 1.165) is 28.6 Å². The summed E-state index contributed by atoms with van der Waals surface area (Å²) in [7, 11) is 1.56. The van der Waals surface area contributed by atoms with Gasteiger partial charge in [-0.3, -0.25) is 9.59 Å². The van der Waals surface area contributed by atoms with E-state index in [9.17, 15) is 9.59 Å². The Kier molecular flexibility index (Phi) is 7.31. The summed E-state index contributed by atoms with van der Waals surface area (Å²) in [6, 6.07) is 7.89. The fourth-order valence-electron chi connectivity index (χ4n) is 2.13. The summed E-state index contributed by atoms with van der Waals surface area (Å²) in [6.45, 7) is 3.87. The van der Waals surface area contributed by atoms with Crippen LogP contribution in [0, 0.1) is 25.2 Å². The minimum atomic E-state index is -0.544. The molecule has 0 aliphatic heterocycles. The molecule has 2 aromatic rings. The van der Waals surface area contributed by atoms with E-state index in [2.05, 4.69) is 15.5 Å². The summed E-state index contributed by atoms with van der Waals surface area (Å²) in [4.78, 5) is 25.0. The molecule has 1 aromatic carbocycles. The highest BCUT2D eigenvalue weighted by atomic mass is 32.2. The second-order valence-corrected chi connectivity index (χ2v) is 6.78. The minimum absolute atomic E-state index is 0.0274. The van der Waals surface area contributed by atoms with Crippen LogP contribution in [0.4, 0.5) is 0 Å². The van der Waals surface area contributed by atoms with Crippen LogP contribution in [0.25, 0.3) is 5.69 Å². The van der Waals surface area contributed by atoms with Crippen molar-refractivity contribution in [3.8, 4) is 11.8 Å². The predicted molar refractivity (Wildman–Crippen MR) is 98.2 cm³/mol. The Labute approximate surface area is 161 Å². The van der Waals surface area contributed by atoms with Gasteiger partial charge in [0.25, 0.3) is 5.91 Å². The van der Waals surface area contributed by atoms with Crippen LogP contribution >= 0.6 is 11.8 Å². The van der Waals surface area contributed by atoms with E-state index in [1.54, 1.807) is 11.7 Å². The fourth-order valence-corrected chi connectivity index (χ4v) is 2.81. The lowest BCUT2D eigenvalue weighted by Gasteiger charge is -2.15. The smallest absolute Gasteiger partial charge is 0.316 e. The Morgan fingerprint density at radius 3 is 2.89 bits per heavy atom. The third kappa shape index (κ3) is 5.79. The van der Waals surface area contributed by atoms with Crippen molar-refractivity contribution in [2.75, 3.05) is 26.0 Å². The first-order valence-electron chi connectivity index (χ1n) is 8.17. The van der Waals surface area contributed by atoms with Crippen LogP contribution in [0.1, 0.15) is 17.5 Å². The molecule has 1 amide bonds. The summed E-state index contributed by atoms with van der Waals surface area (Å²) in [5.41, 5.74) is 2.91. The van der Waals surface area contributed by atoms with Crippen LogP contribution in [-0.2, 0) is 14.3 Å². The van der Waals surface area contributed by atoms with Gasteiger partial charge in [-0.15, -0.1) is 5.10 Å². The normalized spacial score (nSPS) is 10.3. The maximum atomic E-state index is 11.9.